The molecule has 0 spiro atoms. The molecule has 2 aromatic carbocycles. The van der Waals surface area contributed by atoms with Gasteiger partial charge in [0.25, 0.3) is 0 Å². The van der Waals surface area contributed by atoms with Crippen LogP contribution in [0.3, 0.4) is 0 Å². The lowest BCUT2D eigenvalue weighted by Crippen LogP contribution is -1.89. The zero-order valence-corrected chi connectivity index (χ0v) is 9.72. The van der Waals surface area contributed by atoms with E-state index >= 15 is 0 Å². The summed E-state index contributed by atoms with van der Waals surface area (Å²) in [6.07, 6.45) is 1.64. The van der Waals surface area contributed by atoms with Gasteiger partial charge in [-0.2, -0.15) is 5.10 Å². The summed E-state index contributed by atoms with van der Waals surface area (Å²) in [5.74, 6) is 0.0693. The number of rotatable bonds is 3. The standard InChI is InChI=1S/C13H11ClN2O/c14-12-8-10(6-7-13(12)17)9-15-16-11-4-2-1-3-5-11/h1-9,16-17H. The molecule has 0 fully saturated rings. The van der Waals surface area contributed by atoms with Gasteiger partial charge in [-0.05, 0) is 35.9 Å². The molecule has 2 aromatic rings. The predicted octanol–water partition coefficient (Wildman–Crippen LogP) is 3.49. The normalized spacial score (nSPS) is 10.6. The fourth-order valence-electron chi connectivity index (χ4n) is 1.30. The molecule has 0 bridgehead atoms. The maximum absolute atomic E-state index is 9.26. The first-order valence-corrected chi connectivity index (χ1v) is 5.46. The van der Waals surface area contributed by atoms with E-state index in [1.54, 1.807) is 18.3 Å². The minimum Gasteiger partial charge on any atom is -0.506 e. The topological polar surface area (TPSA) is 44.6 Å². The van der Waals surface area contributed by atoms with Crippen molar-refractivity contribution in [2.75, 3.05) is 5.43 Å². The summed E-state index contributed by atoms with van der Waals surface area (Å²) in [6.45, 7) is 0. The van der Waals surface area contributed by atoms with Crippen LogP contribution >= 0.6 is 11.6 Å². The first-order chi connectivity index (χ1) is 8.25. The van der Waals surface area contributed by atoms with Gasteiger partial charge in [-0.25, -0.2) is 0 Å². The van der Waals surface area contributed by atoms with E-state index in [-0.39, 0.29) is 5.75 Å². The lowest BCUT2D eigenvalue weighted by atomic mass is 10.2. The lowest BCUT2D eigenvalue weighted by molar-refractivity contribution is 0.475. The largest absolute Gasteiger partial charge is 0.506 e. The smallest absolute Gasteiger partial charge is 0.134 e. The number of benzene rings is 2. The van der Waals surface area contributed by atoms with Crippen LogP contribution in [0.1, 0.15) is 5.56 Å². The molecule has 0 heterocycles. The second-order valence-electron chi connectivity index (χ2n) is 3.45. The maximum atomic E-state index is 9.26. The molecule has 0 aliphatic rings. The van der Waals surface area contributed by atoms with E-state index in [9.17, 15) is 5.11 Å². The maximum Gasteiger partial charge on any atom is 0.134 e. The third-order valence-corrected chi connectivity index (χ3v) is 2.46. The van der Waals surface area contributed by atoms with Gasteiger partial charge in [0.15, 0.2) is 0 Å². The van der Waals surface area contributed by atoms with Gasteiger partial charge in [-0.15, -0.1) is 0 Å². The van der Waals surface area contributed by atoms with Crippen LogP contribution in [0, 0.1) is 0 Å². The molecule has 0 saturated carbocycles. The molecule has 0 atom stereocenters. The summed E-state index contributed by atoms with van der Waals surface area (Å²) in [5.41, 5.74) is 4.62. The molecule has 2 N–H and O–H groups in total. The minimum atomic E-state index is 0.0693. The van der Waals surface area contributed by atoms with Gasteiger partial charge in [-0.1, -0.05) is 29.8 Å². The van der Waals surface area contributed by atoms with Crippen molar-refractivity contribution >= 4 is 23.5 Å². The molecule has 2 rings (SSSR count). The van der Waals surface area contributed by atoms with Crippen LogP contribution in [0.15, 0.2) is 53.6 Å². The number of anilines is 1. The van der Waals surface area contributed by atoms with E-state index in [0.29, 0.717) is 5.02 Å². The molecule has 3 nitrogen and oxygen atoms in total. The number of phenols is 1. The Labute approximate surface area is 104 Å². The van der Waals surface area contributed by atoms with Crippen molar-refractivity contribution in [2.45, 2.75) is 0 Å². The quantitative estimate of drug-likeness (QED) is 0.643. The van der Waals surface area contributed by atoms with Crippen molar-refractivity contribution in [3.63, 3.8) is 0 Å². The van der Waals surface area contributed by atoms with Gasteiger partial charge in [0.1, 0.15) is 5.75 Å². The highest BCUT2D eigenvalue weighted by Gasteiger charge is 1.97. The van der Waals surface area contributed by atoms with Gasteiger partial charge < -0.3 is 5.11 Å². The van der Waals surface area contributed by atoms with Gasteiger partial charge in [0.2, 0.25) is 0 Å². The number of aromatic hydroxyl groups is 1. The van der Waals surface area contributed by atoms with Gasteiger partial charge in [-0.3, -0.25) is 5.43 Å². The molecule has 4 heteroatoms. The molecule has 0 amide bonds. The number of hydrogen-bond acceptors (Lipinski definition) is 3. The van der Waals surface area contributed by atoms with Gasteiger partial charge >= 0.3 is 0 Å². The first kappa shape index (κ1) is 11.5. The summed E-state index contributed by atoms with van der Waals surface area (Å²) in [7, 11) is 0. The molecule has 0 aliphatic heterocycles. The number of hydrazone groups is 1. The van der Waals surface area contributed by atoms with Crippen molar-refractivity contribution in [2.24, 2.45) is 5.10 Å². The molecular formula is C13H11ClN2O. The van der Waals surface area contributed by atoms with E-state index in [1.165, 1.54) is 6.07 Å². The molecule has 0 aromatic heterocycles. The SMILES string of the molecule is Oc1ccc(C=NNc2ccccc2)cc1Cl. The van der Waals surface area contributed by atoms with Crippen molar-refractivity contribution < 1.29 is 5.11 Å². The van der Waals surface area contributed by atoms with Crippen LogP contribution in [-0.2, 0) is 0 Å². The highest BCUT2D eigenvalue weighted by molar-refractivity contribution is 6.32. The Kier molecular flexibility index (Phi) is 3.62. The summed E-state index contributed by atoms with van der Waals surface area (Å²) in [6, 6.07) is 14.5. The molecular weight excluding hydrogens is 236 g/mol. The van der Waals surface area contributed by atoms with Crippen LogP contribution < -0.4 is 5.43 Å². The highest BCUT2D eigenvalue weighted by atomic mass is 35.5. The minimum absolute atomic E-state index is 0.0693. The predicted molar refractivity (Wildman–Crippen MR) is 70.8 cm³/mol. The zero-order valence-electron chi connectivity index (χ0n) is 8.97. The highest BCUT2D eigenvalue weighted by Crippen LogP contribution is 2.22. The Morgan fingerprint density at radius 2 is 1.88 bits per heavy atom. The average Bonchev–Trinajstić information content (AvgIpc) is 2.35. The fourth-order valence-corrected chi connectivity index (χ4v) is 1.49. The van der Waals surface area contributed by atoms with E-state index in [1.807, 2.05) is 30.3 Å². The average molecular weight is 247 g/mol. The summed E-state index contributed by atoms with van der Waals surface area (Å²) < 4.78 is 0. The summed E-state index contributed by atoms with van der Waals surface area (Å²) in [4.78, 5) is 0. The number of halogens is 1. The van der Waals surface area contributed by atoms with E-state index in [2.05, 4.69) is 10.5 Å². The Balaban J connectivity index is 2.03. The molecule has 0 unspecified atom stereocenters. The Bertz CT molecular complexity index is 526. The first-order valence-electron chi connectivity index (χ1n) is 5.08. The van der Waals surface area contributed by atoms with Crippen LogP contribution in [-0.4, -0.2) is 11.3 Å². The van der Waals surface area contributed by atoms with Crippen molar-refractivity contribution in [3.8, 4) is 5.75 Å². The Morgan fingerprint density at radius 1 is 1.12 bits per heavy atom. The molecule has 0 radical (unpaired) electrons. The van der Waals surface area contributed by atoms with Gasteiger partial charge in [0.05, 0.1) is 16.9 Å². The summed E-state index contributed by atoms with van der Waals surface area (Å²) in [5, 5.41) is 13.6. The third kappa shape index (κ3) is 3.23. The zero-order chi connectivity index (χ0) is 12.1. The number of hydrogen-bond donors (Lipinski definition) is 2. The van der Waals surface area contributed by atoms with Crippen molar-refractivity contribution in [1.82, 2.24) is 0 Å². The van der Waals surface area contributed by atoms with Crippen LogP contribution in [0.2, 0.25) is 5.02 Å². The number of nitrogens with one attached hydrogen (secondary N) is 1. The van der Waals surface area contributed by atoms with Crippen molar-refractivity contribution in [3.05, 3.63) is 59.1 Å². The van der Waals surface area contributed by atoms with Crippen LogP contribution in [0.4, 0.5) is 5.69 Å². The Morgan fingerprint density at radius 3 is 2.59 bits per heavy atom. The second-order valence-corrected chi connectivity index (χ2v) is 3.85. The van der Waals surface area contributed by atoms with E-state index in [0.717, 1.165) is 11.3 Å². The van der Waals surface area contributed by atoms with Gasteiger partial charge in [0, 0.05) is 0 Å². The fraction of sp³-hybridized carbons (Fsp3) is 0. The third-order valence-electron chi connectivity index (χ3n) is 2.15. The molecule has 0 saturated heterocycles. The number of nitrogens with zero attached hydrogens (tertiary/aromatic N) is 1. The second kappa shape index (κ2) is 5.37. The van der Waals surface area contributed by atoms with E-state index in [4.69, 9.17) is 11.6 Å². The number of phenolic OH excluding ortho intramolecular Hbond substituents is 1. The van der Waals surface area contributed by atoms with E-state index < -0.39 is 0 Å². The Hall–Kier alpha value is -2.00. The lowest BCUT2D eigenvalue weighted by Gasteiger charge is -1.99. The monoisotopic (exact) mass is 246 g/mol. The molecule has 86 valence electrons. The number of para-hydroxylation sites is 1. The van der Waals surface area contributed by atoms with Crippen LogP contribution in [0.25, 0.3) is 0 Å². The summed E-state index contributed by atoms with van der Waals surface area (Å²) >= 11 is 5.78. The molecule has 0 aliphatic carbocycles. The molecule has 17 heavy (non-hydrogen) atoms. The van der Waals surface area contributed by atoms with Crippen LogP contribution in [0.5, 0.6) is 5.75 Å². The van der Waals surface area contributed by atoms with Crippen molar-refractivity contribution in [1.29, 1.82) is 0 Å².